The molecule has 0 atom stereocenters. The normalized spacial score (nSPS) is 11.2. The third kappa shape index (κ3) is 2.54. The van der Waals surface area contributed by atoms with Crippen molar-refractivity contribution in [3.8, 4) is 0 Å². The molecule has 1 rings (SSSR count). The van der Waals surface area contributed by atoms with Crippen molar-refractivity contribution < 1.29 is 0 Å². The van der Waals surface area contributed by atoms with Gasteiger partial charge in [-0.3, -0.25) is 0 Å². The fraction of sp³-hybridized carbons (Fsp3) is 0.800. The molecule has 1 aromatic rings. The number of hydrogen-bond acceptors (Lipinski definition) is 3. The van der Waals surface area contributed by atoms with Gasteiger partial charge in [0.2, 0.25) is 0 Å². The second kappa shape index (κ2) is 5.10. The van der Waals surface area contributed by atoms with E-state index < -0.39 is 0 Å². The standard InChI is InChI=1S/C10H20N4/c1-5-10-9(6-11-4)12-13-14(10)7-8(2)3/h8,11H,5-7H2,1-4H3. The molecule has 1 aromatic heterocycles. The summed E-state index contributed by atoms with van der Waals surface area (Å²) in [5.74, 6) is 0.615. The van der Waals surface area contributed by atoms with Crippen molar-refractivity contribution in [1.82, 2.24) is 20.3 Å². The molecule has 0 radical (unpaired) electrons. The summed E-state index contributed by atoms with van der Waals surface area (Å²) in [6, 6.07) is 0. The molecule has 0 aromatic carbocycles. The lowest BCUT2D eigenvalue weighted by atomic mass is 10.2. The molecule has 14 heavy (non-hydrogen) atoms. The average molecular weight is 196 g/mol. The van der Waals surface area contributed by atoms with E-state index in [2.05, 4.69) is 36.4 Å². The number of rotatable bonds is 5. The SMILES string of the molecule is CCc1c(CNC)nnn1CC(C)C. The van der Waals surface area contributed by atoms with Gasteiger partial charge in [0.25, 0.3) is 0 Å². The van der Waals surface area contributed by atoms with E-state index in [4.69, 9.17) is 0 Å². The van der Waals surface area contributed by atoms with Gasteiger partial charge in [0.1, 0.15) is 0 Å². The quantitative estimate of drug-likeness (QED) is 0.770. The highest BCUT2D eigenvalue weighted by Crippen LogP contribution is 2.08. The smallest absolute Gasteiger partial charge is 0.0996 e. The van der Waals surface area contributed by atoms with Gasteiger partial charge in [0.05, 0.1) is 11.4 Å². The Bertz CT molecular complexity index is 278. The van der Waals surface area contributed by atoms with Gasteiger partial charge in [-0.1, -0.05) is 26.0 Å². The summed E-state index contributed by atoms with van der Waals surface area (Å²) < 4.78 is 2.03. The van der Waals surface area contributed by atoms with E-state index in [-0.39, 0.29) is 0 Å². The van der Waals surface area contributed by atoms with Crippen LogP contribution in [0.5, 0.6) is 0 Å². The van der Waals surface area contributed by atoms with Crippen LogP contribution in [0, 0.1) is 5.92 Å². The summed E-state index contributed by atoms with van der Waals surface area (Å²) in [5, 5.41) is 11.5. The molecule has 0 aliphatic carbocycles. The highest BCUT2D eigenvalue weighted by atomic mass is 15.4. The summed E-state index contributed by atoms with van der Waals surface area (Å²) in [6.07, 6.45) is 0.997. The van der Waals surface area contributed by atoms with Crippen LogP contribution in [-0.2, 0) is 19.5 Å². The minimum Gasteiger partial charge on any atom is -0.314 e. The van der Waals surface area contributed by atoms with E-state index in [0.717, 1.165) is 25.2 Å². The van der Waals surface area contributed by atoms with Crippen molar-refractivity contribution in [3.63, 3.8) is 0 Å². The molecule has 1 heterocycles. The van der Waals surface area contributed by atoms with E-state index in [1.165, 1.54) is 5.69 Å². The van der Waals surface area contributed by atoms with Crippen molar-refractivity contribution in [2.75, 3.05) is 7.05 Å². The average Bonchev–Trinajstić information content (AvgIpc) is 2.47. The van der Waals surface area contributed by atoms with E-state index in [0.29, 0.717) is 5.92 Å². The molecule has 80 valence electrons. The van der Waals surface area contributed by atoms with Gasteiger partial charge in [-0.15, -0.1) is 5.10 Å². The first-order valence-corrected chi connectivity index (χ1v) is 5.24. The van der Waals surface area contributed by atoms with Crippen LogP contribution >= 0.6 is 0 Å². The first kappa shape index (κ1) is 11.2. The van der Waals surface area contributed by atoms with Gasteiger partial charge >= 0.3 is 0 Å². The van der Waals surface area contributed by atoms with Crippen LogP contribution in [0.15, 0.2) is 0 Å². The number of nitrogens with one attached hydrogen (secondary N) is 1. The molecule has 0 saturated carbocycles. The lowest BCUT2D eigenvalue weighted by molar-refractivity contribution is 0.460. The van der Waals surface area contributed by atoms with Crippen LogP contribution in [0.25, 0.3) is 0 Å². The van der Waals surface area contributed by atoms with E-state index in [9.17, 15) is 0 Å². The fourth-order valence-corrected chi connectivity index (χ4v) is 1.55. The minimum absolute atomic E-state index is 0.615. The Morgan fingerprint density at radius 2 is 2.14 bits per heavy atom. The predicted molar refractivity (Wildman–Crippen MR) is 57.0 cm³/mol. The first-order valence-electron chi connectivity index (χ1n) is 5.24. The number of hydrogen-bond donors (Lipinski definition) is 1. The molecule has 0 saturated heterocycles. The summed E-state index contributed by atoms with van der Waals surface area (Å²) in [7, 11) is 1.93. The summed E-state index contributed by atoms with van der Waals surface area (Å²) >= 11 is 0. The Labute approximate surface area is 85.7 Å². The summed E-state index contributed by atoms with van der Waals surface area (Å²) in [6.45, 7) is 8.30. The van der Waals surface area contributed by atoms with Crippen LogP contribution in [0.1, 0.15) is 32.2 Å². The van der Waals surface area contributed by atoms with Gasteiger partial charge in [0, 0.05) is 13.1 Å². The first-order chi connectivity index (χ1) is 6.69. The van der Waals surface area contributed by atoms with Crippen molar-refractivity contribution in [3.05, 3.63) is 11.4 Å². The predicted octanol–water partition coefficient (Wildman–Crippen LogP) is 1.22. The van der Waals surface area contributed by atoms with Crippen molar-refractivity contribution in [1.29, 1.82) is 0 Å². The van der Waals surface area contributed by atoms with Gasteiger partial charge in [-0.05, 0) is 19.4 Å². The molecule has 0 unspecified atom stereocenters. The maximum Gasteiger partial charge on any atom is 0.0996 e. The molecule has 0 aliphatic rings. The largest absolute Gasteiger partial charge is 0.314 e. The monoisotopic (exact) mass is 196 g/mol. The summed E-state index contributed by atoms with van der Waals surface area (Å²) in [5.41, 5.74) is 2.34. The Kier molecular flexibility index (Phi) is 4.07. The molecule has 1 N–H and O–H groups in total. The zero-order chi connectivity index (χ0) is 10.6. The Balaban J connectivity index is 2.83. The third-order valence-corrected chi connectivity index (χ3v) is 2.14. The van der Waals surface area contributed by atoms with Crippen LogP contribution in [-0.4, -0.2) is 22.0 Å². The van der Waals surface area contributed by atoms with Gasteiger partial charge in [0.15, 0.2) is 0 Å². The molecule has 0 bridgehead atoms. The highest BCUT2D eigenvalue weighted by Gasteiger charge is 2.10. The minimum atomic E-state index is 0.615. The maximum absolute atomic E-state index is 4.18. The zero-order valence-electron chi connectivity index (χ0n) is 9.54. The fourth-order valence-electron chi connectivity index (χ4n) is 1.55. The molecule has 0 aliphatic heterocycles. The number of aromatic nitrogens is 3. The summed E-state index contributed by atoms with van der Waals surface area (Å²) in [4.78, 5) is 0. The van der Waals surface area contributed by atoms with Gasteiger partial charge < -0.3 is 5.32 Å². The van der Waals surface area contributed by atoms with E-state index >= 15 is 0 Å². The van der Waals surface area contributed by atoms with Gasteiger partial charge in [-0.25, -0.2) is 4.68 Å². The van der Waals surface area contributed by atoms with E-state index in [1.54, 1.807) is 0 Å². The second-order valence-electron chi connectivity index (χ2n) is 3.94. The lowest BCUT2D eigenvalue weighted by Crippen LogP contribution is -2.12. The lowest BCUT2D eigenvalue weighted by Gasteiger charge is -2.08. The van der Waals surface area contributed by atoms with E-state index in [1.807, 2.05) is 11.7 Å². The van der Waals surface area contributed by atoms with Crippen LogP contribution in [0.3, 0.4) is 0 Å². The Morgan fingerprint density at radius 1 is 1.43 bits per heavy atom. The molecule has 4 heteroatoms. The van der Waals surface area contributed by atoms with Crippen LogP contribution in [0.4, 0.5) is 0 Å². The molecular formula is C10H20N4. The third-order valence-electron chi connectivity index (χ3n) is 2.14. The van der Waals surface area contributed by atoms with Crippen molar-refractivity contribution in [2.24, 2.45) is 5.92 Å². The topological polar surface area (TPSA) is 42.7 Å². The van der Waals surface area contributed by atoms with Crippen LogP contribution < -0.4 is 5.32 Å². The second-order valence-corrected chi connectivity index (χ2v) is 3.94. The number of nitrogens with zero attached hydrogens (tertiary/aromatic N) is 3. The molecule has 4 nitrogen and oxygen atoms in total. The van der Waals surface area contributed by atoms with Crippen molar-refractivity contribution in [2.45, 2.75) is 40.3 Å². The zero-order valence-corrected chi connectivity index (χ0v) is 9.54. The molecule has 0 amide bonds. The van der Waals surface area contributed by atoms with Crippen LogP contribution in [0.2, 0.25) is 0 Å². The van der Waals surface area contributed by atoms with Crippen molar-refractivity contribution >= 4 is 0 Å². The molecule has 0 fully saturated rings. The Morgan fingerprint density at radius 3 is 2.64 bits per heavy atom. The molecule has 0 spiro atoms. The van der Waals surface area contributed by atoms with Gasteiger partial charge in [-0.2, -0.15) is 0 Å². The maximum atomic E-state index is 4.18. The molecular weight excluding hydrogens is 176 g/mol. The highest BCUT2D eigenvalue weighted by molar-refractivity contribution is 5.09. The Hall–Kier alpha value is -0.900.